The molecule has 1 aliphatic heterocycles. The van der Waals surface area contributed by atoms with E-state index in [9.17, 15) is 4.39 Å². The fraction of sp³-hybridized carbons (Fsp3) is 0.364. The van der Waals surface area contributed by atoms with Crippen LogP contribution in [0.2, 0.25) is 0 Å². The zero-order chi connectivity index (χ0) is 11.5. The molecule has 0 bridgehead atoms. The Morgan fingerprint density at radius 3 is 3.00 bits per heavy atom. The predicted molar refractivity (Wildman–Crippen MR) is 63.7 cm³/mol. The van der Waals surface area contributed by atoms with E-state index in [2.05, 4.69) is 26.6 Å². The minimum absolute atomic E-state index is 0.228. The number of anilines is 1. The number of nitrogens with one attached hydrogen (secondary N) is 2. The summed E-state index contributed by atoms with van der Waals surface area (Å²) >= 11 is 3.09. The summed E-state index contributed by atoms with van der Waals surface area (Å²) in [6.07, 6.45) is 0.983. The normalized spacial score (nSPS) is 19.4. The Kier molecular flexibility index (Phi) is 3.42. The minimum atomic E-state index is -0.397. The molecule has 1 atom stereocenters. The van der Waals surface area contributed by atoms with Crippen molar-refractivity contribution in [2.75, 3.05) is 18.4 Å². The molecule has 1 aliphatic rings. The van der Waals surface area contributed by atoms with Gasteiger partial charge in [0.1, 0.15) is 6.07 Å². The van der Waals surface area contributed by atoms with E-state index in [1.54, 1.807) is 12.1 Å². The molecule has 1 heterocycles. The summed E-state index contributed by atoms with van der Waals surface area (Å²) in [7, 11) is 0. The fourth-order valence-electron chi connectivity index (χ4n) is 1.75. The van der Waals surface area contributed by atoms with Gasteiger partial charge >= 0.3 is 0 Å². The highest BCUT2D eigenvalue weighted by Crippen LogP contribution is 2.27. The molecule has 3 nitrogen and oxygen atoms in total. The second-order valence-corrected chi connectivity index (χ2v) is 4.53. The number of nitriles is 1. The van der Waals surface area contributed by atoms with Crippen LogP contribution in [0.25, 0.3) is 0 Å². The summed E-state index contributed by atoms with van der Waals surface area (Å²) in [6, 6.07) is 5.41. The Morgan fingerprint density at radius 1 is 1.56 bits per heavy atom. The van der Waals surface area contributed by atoms with Crippen LogP contribution >= 0.6 is 15.9 Å². The van der Waals surface area contributed by atoms with Gasteiger partial charge < -0.3 is 10.6 Å². The van der Waals surface area contributed by atoms with Crippen LogP contribution in [0.3, 0.4) is 0 Å². The molecule has 0 aliphatic carbocycles. The smallest absolute Gasteiger partial charge is 0.161 e. The quantitative estimate of drug-likeness (QED) is 0.875. The molecule has 1 fully saturated rings. The molecule has 16 heavy (non-hydrogen) atoms. The van der Waals surface area contributed by atoms with E-state index in [0.29, 0.717) is 11.3 Å². The Morgan fingerprint density at radius 2 is 2.38 bits per heavy atom. The summed E-state index contributed by atoms with van der Waals surface area (Å²) in [4.78, 5) is 0. The second-order valence-electron chi connectivity index (χ2n) is 3.73. The summed E-state index contributed by atoms with van der Waals surface area (Å²) < 4.78 is 14.0. The average molecular weight is 284 g/mol. The predicted octanol–water partition coefficient (Wildman–Crippen LogP) is 2.23. The molecule has 5 heteroatoms. The Hall–Kier alpha value is -1.12. The molecule has 2 N–H and O–H groups in total. The number of hydrogen-bond donors (Lipinski definition) is 2. The lowest BCUT2D eigenvalue weighted by molar-refractivity contribution is 0.619. The molecule has 1 saturated heterocycles. The van der Waals surface area contributed by atoms with Gasteiger partial charge in [-0.2, -0.15) is 5.26 Å². The third kappa shape index (κ3) is 2.18. The zero-order valence-electron chi connectivity index (χ0n) is 8.56. The number of nitrogens with zero attached hydrogens (tertiary/aromatic N) is 1. The molecule has 0 spiro atoms. The van der Waals surface area contributed by atoms with Crippen LogP contribution in [0.4, 0.5) is 10.1 Å². The van der Waals surface area contributed by atoms with E-state index >= 15 is 0 Å². The Bertz CT molecular complexity index is 436. The van der Waals surface area contributed by atoms with Gasteiger partial charge in [0.05, 0.1) is 15.7 Å². The van der Waals surface area contributed by atoms with Gasteiger partial charge in [0.25, 0.3) is 0 Å². The molecule has 1 unspecified atom stereocenters. The van der Waals surface area contributed by atoms with Crippen molar-refractivity contribution < 1.29 is 4.39 Å². The summed E-state index contributed by atoms with van der Waals surface area (Å²) in [5.74, 6) is -0.397. The molecular weight excluding hydrogens is 273 g/mol. The monoisotopic (exact) mass is 283 g/mol. The number of rotatable bonds is 2. The molecule has 0 saturated carbocycles. The maximum atomic E-state index is 13.8. The van der Waals surface area contributed by atoms with Crippen molar-refractivity contribution in [1.29, 1.82) is 5.26 Å². The lowest BCUT2D eigenvalue weighted by Crippen LogP contribution is -2.22. The Labute approximate surface area is 102 Å². The van der Waals surface area contributed by atoms with Crippen molar-refractivity contribution in [1.82, 2.24) is 5.32 Å². The third-order valence-corrected chi connectivity index (χ3v) is 3.40. The molecule has 2 rings (SSSR count). The maximum Gasteiger partial charge on any atom is 0.161 e. The molecule has 1 aromatic rings. The fourth-order valence-corrected chi connectivity index (χ4v) is 2.18. The standard InChI is InChI=1S/C11H11BrFN3/c12-10-7(5-14)1-2-9(11(10)13)16-8-3-4-15-6-8/h1-2,8,15-16H,3-4,6H2. The Balaban J connectivity index is 2.22. The first-order valence-corrected chi connectivity index (χ1v) is 5.87. The van der Waals surface area contributed by atoms with Crippen molar-refractivity contribution >= 4 is 21.6 Å². The minimum Gasteiger partial charge on any atom is -0.379 e. The average Bonchev–Trinajstić information content (AvgIpc) is 2.78. The second kappa shape index (κ2) is 4.81. The van der Waals surface area contributed by atoms with Gasteiger partial charge in [-0.15, -0.1) is 0 Å². The first-order valence-electron chi connectivity index (χ1n) is 5.07. The number of hydrogen-bond acceptors (Lipinski definition) is 3. The summed E-state index contributed by atoms with van der Waals surface area (Å²) in [6.45, 7) is 1.80. The van der Waals surface area contributed by atoms with Crippen molar-refractivity contribution in [3.63, 3.8) is 0 Å². The third-order valence-electron chi connectivity index (χ3n) is 2.62. The highest BCUT2D eigenvalue weighted by atomic mass is 79.9. The van der Waals surface area contributed by atoms with Crippen molar-refractivity contribution in [3.8, 4) is 6.07 Å². The maximum absolute atomic E-state index is 13.8. The van der Waals surface area contributed by atoms with Gasteiger partial charge in [0.15, 0.2) is 5.82 Å². The van der Waals surface area contributed by atoms with Crippen LogP contribution in [0.1, 0.15) is 12.0 Å². The zero-order valence-corrected chi connectivity index (χ0v) is 10.1. The molecular formula is C11H11BrFN3. The first-order chi connectivity index (χ1) is 7.72. The van der Waals surface area contributed by atoms with E-state index in [1.807, 2.05) is 6.07 Å². The van der Waals surface area contributed by atoms with Crippen LogP contribution in [-0.2, 0) is 0 Å². The SMILES string of the molecule is N#Cc1ccc(NC2CCNC2)c(F)c1Br. The van der Waals surface area contributed by atoms with E-state index < -0.39 is 5.82 Å². The first kappa shape index (κ1) is 11.4. The highest BCUT2D eigenvalue weighted by molar-refractivity contribution is 9.10. The van der Waals surface area contributed by atoms with Gasteiger partial charge in [-0.3, -0.25) is 0 Å². The summed E-state index contributed by atoms with van der Waals surface area (Å²) in [5.41, 5.74) is 0.757. The van der Waals surface area contributed by atoms with Crippen LogP contribution in [0.15, 0.2) is 16.6 Å². The van der Waals surface area contributed by atoms with E-state index in [0.717, 1.165) is 19.5 Å². The van der Waals surface area contributed by atoms with Gasteiger partial charge in [0, 0.05) is 12.6 Å². The van der Waals surface area contributed by atoms with Crippen LogP contribution in [0.5, 0.6) is 0 Å². The van der Waals surface area contributed by atoms with E-state index in [1.165, 1.54) is 0 Å². The lowest BCUT2D eigenvalue weighted by atomic mass is 10.2. The molecule has 0 radical (unpaired) electrons. The number of benzene rings is 1. The van der Waals surface area contributed by atoms with E-state index in [-0.39, 0.29) is 10.5 Å². The number of halogens is 2. The highest BCUT2D eigenvalue weighted by Gasteiger charge is 2.17. The van der Waals surface area contributed by atoms with Crippen molar-refractivity contribution in [2.24, 2.45) is 0 Å². The van der Waals surface area contributed by atoms with Crippen molar-refractivity contribution in [3.05, 3.63) is 28.0 Å². The lowest BCUT2D eigenvalue weighted by Gasteiger charge is -2.14. The molecule has 0 aromatic heterocycles. The molecule has 84 valence electrons. The van der Waals surface area contributed by atoms with Gasteiger partial charge in [-0.05, 0) is 41.0 Å². The summed E-state index contributed by atoms with van der Waals surface area (Å²) in [5, 5.41) is 15.1. The van der Waals surface area contributed by atoms with Gasteiger partial charge in [0.2, 0.25) is 0 Å². The van der Waals surface area contributed by atoms with Crippen LogP contribution in [0, 0.1) is 17.1 Å². The molecule has 0 amide bonds. The topological polar surface area (TPSA) is 47.9 Å². The van der Waals surface area contributed by atoms with Gasteiger partial charge in [-0.1, -0.05) is 0 Å². The molecule has 1 aromatic carbocycles. The van der Waals surface area contributed by atoms with Crippen molar-refractivity contribution in [2.45, 2.75) is 12.5 Å². The van der Waals surface area contributed by atoms with Crippen LogP contribution in [-0.4, -0.2) is 19.1 Å². The largest absolute Gasteiger partial charge is 0.379 e. The van der Waals surface area contributed by atoms with E-state index in [4.69, 9.17) is 5.26 Å². The van der Waals surface area contributed by atoms with Crippen LogP contribution < -0.4 is 10.6 Å². The van der Waals surface area contributed by atoms with Gasteiger partial charge in [-0.25, -0.2) is 4.39 Å².